The quantitative estimate of drug-likeness (QED) is 0.670. The predicted molar refractivity (Wildman–Crippen MR) is 94.3 cm³/mol. The number of nitrogens with one attached hydrogen (secondary N) is 1. The summed E-state index contributed by atoms with van der Waals surface area (Å²) in [7, 11) is 0. The van der Waals surface area contributed by atoms with Crippen LogP contribution in [0.4, 0.5) is 0 Å². The summed E-state index contributed by atoms with van der Waals surface area (Å²) in [6.07, 6.45) is 2.55. The Kier molecular flexibility index (Phi) is 5.33. The molecular weight excluding hydrogens is 326 g/mol. The van der Waals surface area contributed by atoms with Crippen molar-refractivity contribution in [2.75, 3.05) is 13.2 Å². The summed E-state index contributed by atoms with van der Waals surface area (Å²) in [6, 6.07) is 15.0. The minimum absolute atomic E-state index is 0.0182. The number of rotatable bonds is 7. The number of carbonyl (C=O) groups excluding carboxylic acids is 1. The molecule has 0 aliphatic heterocycles. The molecule has 0 aliphatic rings. The van der Waals surface area contributed by atoms with Gasteiger partial charge in [0.05, 0.1) is 16.7 Å². The van der Waals surface area contributed by atoms with Crippen LogP contribution in [0.3, 0.4) is 0 Å². The van der Waals surface area contributed by atoms with Crippen molar-refractivity contribution in [3.8, 4) is 5.75 Å². The van der Waals surface area contributed by atoms with Gasteiger partial charge in [-0.15, -0.1) is 0 Å². The van der Waals surface area contributed by atoms with Crippen molar-refractivity contribution in [1.82, 2.24) is 15.1 Å². The Morgan fingerprint density at radius 2 is 2.00 bits per heavy atom. The SMILES string of the molecule is O=C(COc1ccccc1)NCCCn1ncc2c(Cl)cccc21. The number of amides is 1. The number of aryl methyl sites for hydroxylation is 1. The monoisotopic (exact) mass is 343 g/mol. The highest BCUT2D eigenvalue weighted by Gasteiger charge is 2.06. The summed E-state index contributed by atoms with van der Waals surface area (Å²) >= 11 is 6.13. The van der Waals surface area contributed by atoms with Crippen molar-refractivity contribution in [3.63, 3.8) is 0 Å². The molecule has 0 radical (unpaired) electrons. The molecule has 3 rings (SSSR count). The van der Waals surface area contributed by atoms with E-state index in [0.717, 1.165) is 17.3 Å². The van der Waals surface area contributed by atoms with Gasteiger partial charge in [0.25, 0.3) is 5.91 Å². The molecule has 5 nitrogen and oxygen atoms in total. The maximum Gasteiger partial charge on any atom is 0.257 e. The van der Waals surface area contributed by atoms with E-state index in [9.17, 15) is 4.79 Å². The van der Waals surface area contributed by atoms with Crippen LogP contribution in [0.1, 0.15) is 6.42 Å². The van der Waals surface area contributed by atoms with Crippen LogP contribution in [0, 0.1) is 0 Å². The van der Waals surface area contributed by atoms with Gasteiger partial charge in [-0.3, -0.25) is 9.48 Å². The second-order valence-corrected chi connectivity index (χ2v) is 5.75. The van der Waals surface area contributed by atoms with Crippen molar-refractivity contribution in [2.45, 2.75) is 13.0 Å². The minimum atomic E-state index is -0.132. The molecule has 0 bridgehead atoms. The molecule has 0 saturated heterocycles. The Labute approximate surface area is 145 Å². The molecule has 1 amide bonds. The molecule has 24 heavy (non-hydrogen) atoms. The standard InChI is InChI=1S/C18H18ClN3O2/c19-16-8-4-9-17-15(16)12-21-22(17)11-5-10-20-18(23)13-24-14-6-2-1-3-7-14/h1-4,6-9,12H,5,10-11,13H2,(H,20,23). The van der Waals surface area contributed by atoms with E-state index in [1.165, 1.54) is 0 Å². The van der Waals surface area contributed by atoms with Gasteiger partial charge in [0, 0.05) is 18.5 Å². The Morgan fingerprint density at radius 1 is 1.17 bits per heavy atom. The fraction of sp³-hybridized carbons (Fsp3) is 0.222. The Morgan fingerprint density at radius 3 is 2.83 bits per heavy atom. The number of ether oxygens (including phenoxy) is 1. The van der Waals surface area contributed by atoms with Crippen LogP contribution in [-0.4, -0.2) is 28.8 Å². The van der Waals surface area contributed by atoms with Crippen molar-refractivity contribution < 1.29 is 9.53 Å². The van der Waals surface area contributed by atoms with Gasteiger partial charge in [-0.2, -0.15) is 5.10 Å². The smallest absolute Gasteiger partial charge is 0.257 e. The first kappa shape index (κ1) is 16.3. The number of halogens is 1. The van der Waals surface area contributed by atoms with Crippen LogP contribution in [0.5, 0.6) is 5.75 Å². The molecule has 124 valence electrons. The van der Waals surface area contributed by atoms with Crippen LogP contribution >= 0.6 is 11.6 Å². The predicted octanol–water partition coefficient (Wildman–Crippen LogP) is 3.28. The number of carbonyl (C=O) groups is 1. The highest BCUT2D eigenvalue weighted by Crippen LogP contribution is 2.22. The number of benzene rings is 2. The summed E-state index contributed by atoms with van der Waals surface area (Å²) in [5.74, 6) is 0.555. The number of hydrogen-bond donors (Lipinski definition) is 1. The molecule has 0 fully saturated rings. The first-order valence-corrected chi connectivity index (χ1v) is 8.16. The van der Waals surface area contributed by atoms with E-state index >= 15 is 0 Å². The molecule has 0 aliphatic carbocycles. The maximum absolute atomic E-state index is 11.8. The van der Waals surface area contributed by atoms with Gasteiger partial charge in [-0.25, -0.2) is 0 Å². The lowest BCUT2D eigenvalue weighted by molar-refractivity contribution is -0.123. The summed E-state index contributed by atoms with van der Waals surface area (Å²) in [5, 5.41) is 8.83. The summed E-state index contributed by atoms with van der Waals surface area (Å²) in [5.41, 5.74) is 1.00. The zero-order valence-electron chi connectivity index (χ0n) is 13.1. The molecule has 1 aromatic heterocycles. The van der Waals surface area contributed by atoms with Gasteiger partial charge in [0.1, 0.15) is 5.75 Å². The van der Waals surface area contributed by atoms with Crippen LogP contribution in [0.15, 0.2) is 54.7 Å². The lowest BCUT2D eigenvalue weighted by atomic mass is 10.2. The topological polar surface area (TPSA) is 56.1 Å². The average molecular weight is 344 g/mol. The van der Waals surface area contributed by atoms with Gasteiger partial charge in [0.15, 0.2) is 6.61 Å². The molecular formula is C18H18ClN3O2. The van der Waals surface area contributed by atoms with Crippen LogP contribution in [0.2, 0.25) is 5.02 Å². The van der Waals surface area contributed by atoms with E-state index < -0.39 is 0 Å². The summed E-state index contributed by atoms with van der Waals surface area (Å²) < 4.78 is 7.29. The van der Waals surface area contributed by atoms with E-state index in [0.29, 0.717) is 23.9 Å². The number of hydrogen-bond acceptors (Lipinski definition) is 3. The lowest BCUT2D eigenvalue weighted by Gasteiger charge is -2.08. The van der Waals surface area contributed by atoms with Crippen LogP contribution in [0.25, 0.3) is 10.9 Å². The third kappa shape index (κ3) is 4.06. The zero-order chi connectivity index (χ0) is 16.8. The van der Waals surface area contributed by atoms with Crippen molar-refractivity contribution >= 4 is 28.4 Å². The molecule has 1 heterocycles. The van der Waals surface area contributed by atoms with Crippen LogP contribution < -0.4 is 10.1 Å². The van der Waals surface area contributed by atoms with E-state index in [1.807, 2.05) is 53.2 Å². The molecule has 6 heteroatoms. The number of fused-ring (bicyclic) bond motifs is 1. The molecule has 0 saturated carbocycles. The van der Waals surface area contributed by atoms with Gasteiger partial charge in [0.2, 0.25) is 0 Å². The Balaban J connectivity index is 1.41. The zero-order valence-corrected chi connectivity index (χ0v) is 13.9. The van der Waals surface area contributed by atoms with E-state index in [-0.39, 0.29) is 12.5 Å². The molecule has 2 aromatic carbocycles. The maximum atomic E-state index is 11.8. The molecule has 0 spiro atoms. The summed E-state index contributed by atoms with van der Waals surface area (Å²) in [6.45, 7) is 1.30. The average Bonchev–Trinajstić information content (AvgIpc) is 3.02. The largest absolute Gasteiger partial charge is 0.484 e. The highest BCUT2D eigenvalue weighted by molar-refractivity contribution is 6.35. The van der Waals surface area contributed by atoms with Gasteiger partial charge >= 0.3 is 0 Å². The minimum Gasteiger partial charge on any atom is -0.484 e. The van der Waals surface area contributed by atoms with E-state index in [4.69, 9.17) is 16.3 Å². The van der Waals surface area contributed by atoms with Gasteiger partial charge < -0.3 is 10.1 Å². The van der Waals surface area contributed by atoms with Crippen molar-refractivity contribution in [2.24, 2.45) is 0 Å². The lowest BCUT2D eigenvalue weighted by Crippen LogP contribution is -2.30. The fourth-order valence-corrected chi connectivity index (χ4v) is 2.64. The number of para-hydroxylation sites is 1. The Bertz CT molecular complexity index is 818. The van der Waals surface area contributed by atoms with E-state index in [1.54, 1.807) is 6.20 Å². The molecule has 3 aromatic rings. The third-order valence-electron chi connectivity index (χ3n) is 3.62. The van der Waals surface area contributed by atoms with Crippen molar-refractivity contribution in [3.05, 3.63) is 59.8 Å². The van der Waals surface area contributed by atoms with Crippen LogP contribution in [-0.2, 0) is 11.3 Å². The summed E-state index contributed by atoms with van der Waals surface area (Å²) in [4.78, 5) is 11.8. The third-order valence-corrected chi connectivity index (χ3v) is 3.95. The normalized spacial score (nSPS) is 10.7. The fourth-order valence-electron chi connectivity index (χ4n) is 2.42. The molecule has 1 N–H and O–H groups in total. The second kappa shape index (κ2) is 7.84. The second-order valence-electron chi connectivity index (χ2n) is 5.35. The first-order chi connectivity index (χ1) is 11.7. The van der Waals surface area contributed by atoms with E-state index in [2.05, 4.69) is 10.4 Å². The number of aromatic nitrogens is 2. The highest BCUT2D eigenvalue weighted by atomic mass is 35.5. The van der Waals surface area contributed by atoms with Gasteiger partial charge in [-0.05, 0) is 30.7 Å². The Hall–Kier alpha value is -2.53. The molecule has 0 unspecified atom stereocenters. The van der Waals surface area contributed by atoms with Crippen molar-refractivity contribution in [1.29, 1.82) is 0 Å². The number of nitrogens with zero attached hydrogens (tertiary/aromatic N) is 2. The first-order valence-electron chi connectivity index (χ1n) is 7.78. The van der Waals surface area contributed by atoms with Gasteiger partial charge in [-0.1, -0.05) is 35.9 Å². The molecule has 0 atom stereocenters.